The summed E-state index contributed by atoms with van der Waals surface area (Å²) in [7, 11) is 0. The van der Waals surface area contributed by atoms with E-state index in [0.29, 0.717) is 5.82 Å². The molecule has 3 rings (SSSR count). The largest absolute Gasteiger partial charge is 0.480 e. The zero-order valence-corrected chi connectivity index (χ0v) is 11.0. The molecular formula is C16H14N2O2. The van der Waals surface area contributed by atoms with E-state index in [-0.39, 0.29) is 0 Å². The molecule has 100 valence electrons. The van der Waals surface area contributed by atoms with Gasteiger partial charge in [-0.3, -0.25) is 0 Å². The number of fused-ring (bicyclic) bond motifs is 1. The summed E-state index contributed by atoms with van der Waals surface area (Å²) in [5.41, 5.74) is 2.55. The zero-order valence-electron chi connectivity index (χ0n) is 11.0. The number of hydrogen-bond acceptors (Lipinski definition) is 2. The maximum Gasteiger partial charge on any atom is 0.326 e. The second-order valence-corrected chi connectivity index (χ2v) is 4.67. The van der Waals surface area contributed by atoms with Gasteiger partial charge in [0.2, 0.25) is 0 Å². The molecule has 20 heavy (non-hydrogen) atoms. The quantitative estimate of drug-likeness (QED) is 0.791. The Bertz CT molecular complexity index is 763. The second-order valence-electron chi connectivity index (χ2n) is 4.67. The van der Waals surface area contributed by atoms with Gasteiger partial charge in [0.1, 0.15) is 11.9 Å². The monoisotopic (exact) mass is 266 g/mol. The Kier molecular flexibility index (Phi) is 2.99. The predicted octanol–water partition coefficient (Wildman–Crippen LogP) is 3.35. The molecular weight excluding hydrogens is 252 g/mol. The van der Waals surface area contributed by atoms with Crippen LogP contribution in [0.3, 0.4) is 0 Å². The Labute approximate surface area is 116 Å². The van der Waals surface area contributed by atoms with Gasteiger partial charge in [-0.15, -0.1) is 0 Å². The van der Waals surface area contributed by atoms with Crippen molar-refractivity contribution >= 4 is 17.0 Å². The molecule has 0 saturated carbocycles. The summed E-state index contributed by atoms with van der Waals surface area (Å²) in [6.07, 6.45) is 0. The van der Waals surface area contributed by atoms with E-state index in [2.05, 4.69) is 4.98 Å². The first-order chi connectivity index (χ1) is 9.68. The Morgan fingerprint density at radius 2 is 1.75 bits per heavy atom. The van der Waals surface area contributed by atoms with Crippen molar-refractivity contribution in [1.82, 2.24) is 9.55 Å². The fraction of sp³-hybridized carbons (Fsp3) is 0.125. The van der Waals surface area contributed by atoms with E-state index in [4.69, 9.17) is 0 Å². The summed E-state index contributed by atoms with van der Waals surface area (Å²) in [6, 6.07) is 16.6. The van der Waals surface area contributed by atoms with E-state index >= 15 is 0 Å². The van der Waals surface area contributed by atoms with Gasteiger partial charge in [-0.1, -0.05) is 42.5 Å². The molecule has 1 heterocycles. The first kappa shape index (κ1) is 12.4. The maximum absolute atomic E-state index is 11.4. The highest BCUT2D eigenvalue weighted by molar-refractivity contribution is 5.84. The standard InChI is InChI=1S/C16H14N2O2/c1-11(16(19)20)18-14-10-6-5-9-13(14)17-15(18)12-7-3-2-4-8-12/h2-11H,1H3,(H,19,20). The first-order valence-corrected chi connectivity index (χ1v) is 6.43. The number of aromatic nitrogens is 2. The number of carboxylic acid groups (broad SMARTS) is 1. The summed E-state index contributed by atoms with van der Waals surface area (Å²) in [5, 5.41) is 9.34. The van der Waals surface area contributed by atoms with Gasteiger partial charge in [0.15, 0.2) is 0 Å². The summed E-state index contributed by atoms with van der Waals surface area (Å²) < 4.78 is 1.77. The maximum atomic E-state index is 11.4. The molecule has 4 nitrogen and oxygen atoms in total. The van der Waals surface area contributed by atoms with Crippen LogP contribution < -0.4 is 0 Å². The van der Waals surface area contributed by atoms with E-state index in [0.717, 1.165) is 16.6 Å². The van der Waals surface area contributed by atoms with Crippen LogP contribution in [-0.4, -0.2) is 20.6 Å². The molecule has 1 unspecified atom stereocenters. The van der Waals surface area contributed by atoms with Crippen molar-refractivity contribution in [2.75, 3.05) is 0 Å². The van der Waals surface area contributed by atoms with Gasteiger partial charge in [0.05, 0.1) is 11.0 Å². The van der Waals surface area contributed by atoms with E-state index in [1.165, 1.54) is 0 Å². The smallest absolute Gasteiger partial charge is 0.326 e. The number of para-hydroxylation sites is 2. The van der Waals surface area contributed by atoms with Gasteiger partial charge in [-0.05, 0) is 19.1 Å². The number of imidazole rings is 1. The van der Waals surface area contributed by atoms with Crippen LogP contribution in [0, 0.1) is 0 Å². The number of aliphatic carboxylic acids is 1. The van der Waals surface area contributed by atoms with Gasteiger partial charge in [0, 0.05) is 5.56 Å². The van der Waals surface area contributed by atoms with Crippen LogP contribution in [-0.2, 0) is 4.79 Å². The van der Waals surface area contributed by atoms with Crippen molar-refractivity contribution in [1.29, 1.82) is 0 Å². The minimum atomic E-state index is -0.870. The highest BCUT2D eigenvalue weighted by Crippen LogP contribution is 2.28. The molecule has 0 bridgehead atoms. The second kappa shape index (κ2) is 4.81. The van der Waals surface area contributed by atoms with Crippen LogP contribution >= 0.6 is 0 Å². The lowest BCUT2D eigenvalue weighted by atomic mass is 10.2. The Morgan fingerprint density at radius 1 is 1.10 bits per heavy atom. The summed E-state index contributed by atoms with van der Waals surface area (Å²) in [6.45, 7) is 1.67. The lowest BCUT2D eigenvalue weighted by Gasteiger charge is -2.13. The highest BCUT2D eigenvalue weighted by Gasteiger charge is 2.21. The predicted molar refractivity (Wildman–Crippen MR) is 77.5 cm³/mol. The minimum Gasteiger partial charge on any atom is -0.480 e. The molecule has 3 aromatic rings. The molecule has 0 saturated heterocycles. The third-order valence-corrected chi connectivity index (χ3v) is 3.37. The summed E-state index contributed by atoms with van der Waals surface area (Å²) >= 11 is 0. The van der Waals surface area contributed by atoms with Gasteiger partial charge in [0.25, 0.3) is 0 Å². The Balaban J connectivity index is 2.31. The van der Waals surface area contributed by atoms with Crippen molar-refractivity contribution in [2.45, 2.75) is 13.0 Å². The lowest BCUT2D eigenvalue weighted by Crippen LogP contribution is -2.16. The molecule has 1 aromatic heterocycles. The van der Waals surface area contributed by atoms with Crippen LogP contribution in [0.15, 0.2) is 54.6 Å². The normalized spacial score (nSPS) is 12.4. The molecule has 1 atom stereocenters. The fourth-order valence-corrected chi connectivity index (χ4v) is 2.34. The number of carboxylic acids is 1. The SMILES string of the molecule is CC(C(=O)O)n1c(-c2ccccc2)nc2ccccc21. The van der Waals surface area contributed by atoms with Crippen molar-refractivity contribution < 1.29 is 9.90 Å². The van der Waals surface area contributed by atoms with Gasteiger partial charge >= 0.3 is 5.97 Å². The average Bonchev–Trinajstić information content (AvgIpc) is 2.86. The number of rotatable bonds is 3. The van der Waals surface area contributed by atoms with Crippen molar-refractivity contribution in [3.05, 3.63) is 54.6 Å². The van der Waals surface area contributed by atoms with Crippen LogP contribution in [0.1, 0.15) is 13.0 Å². The molecule has 0 amide bonds. The third kappa shape index (κ3) is 1.95. The van der Waals surface area contributed by atoms with E-state index in [1.807, 2.05) is 54.6 Å². The molecule has 0 aliphatic carbocycles. The molecule has 0 aliphatic heterocycles. The van der Waals surface area contributed by atoms with Crippen LogP contribution in [0.4, 0.5) is 0 Å². The van der Waals surface area contributed by atoms with E-state index < -0.39 is 12.0 Å². The topological polar surface area (TPSA) is 55.1 Å². The minimum absolute atomic E-state index is 0.669. The lowest BCUT2D eigenvalue weighted by molar-refractivity contribution is -0.140. The molecule has 2 aromatic carbocycles. The van der Waals surface area contributed by atoms with Gasteiger partial charge in [-0.2, -0.15) is 0 Å². The van der Waals surface area contributed by atoms with Gasteiger partial charge in [-0.25, -0.2) is 9.78 Å². The number of benzene rings is 2. The Hall–Kier alpha value is -2.62. The first-order valence-electron chi connectivity index (χ1n) is 6.43. The summed E-state index contributed by atoms with van der Waals surface area (Å²) in [4.78, 5) is 16.0. The number of carbonyl (C=O) groups is 1. The van der Waals surface area contributed by atoms with Crippen LogP contribution in [0.5, 0.6) is 0 Å². The van der Waals surface area contributed by atoms with Crippen molar-refractivity contribution in [3.63, 3.8) is 0 Å². The van der Waals surface area contributed by atoms with Crippen molar-refractivity contribution in [3.8, 4) is 11.4 Å². The van der Waals surface area contributed by atoms with Crippen LogP contribution in [0.25, 0.3) is 22.4 Å². The molecule has 0 fully saturated rings. The zero-order chi connectivity index (χ0) is 14.1. The number of nitrogens with zero attached hydrogens (tertiary/aromatic N) is 2. The molecule has 0 spiro atoms. The van der Waals surface area contributed by atoms with E-state index in [9.17, 15) is 9.90 Å². The van der Waals surface area contributed by atoms with Gasteiger partial charge < -0.3 is 9.67 Å². The average molecular weight is 266 g/mol. The van der Waals surface area contributed by atoms with Crippen LogP contribution in [0.2, 0.25) is 0 Å². The molecule has 0 radical (unpaired) electrons. The molecule has 4 heteroatoms. The number of hydrogen-bond donors (Lipinski definition) is 1. The van der Waals surface area contributed by atoms with Crippen molar-refractivity contribution in [2.24, 2.45) is 0 Å². The van der Waals surface area contributed by atoms with E-state index in [1.54, 1.807) is 11.5 Å². The highest BCUT2D eigenvalue weighted by atomic mass is 16.4. The fourth-order valence-electron chi connectivity index (χ4n) is 2.34. The molecule has 0 aliphatic rings. The molecule has 1 N–H and O–H groups in total. The summed E-state index contributed by atoms with van der Waals surface area (Å²) in [5.74, 6) is -0.188. The third-order valence-electron chi connectivity index (χ3n) is 3.37. The Morgan fingerprint density at radius 3 is 2.45 bits per heavy atom.